The SMILES string of the molecule is COc1ccc([C@@H]2/C(=C(\O)c3ccccc3)C(=O)C(=O)N2CCCN2CCOCC2)c(OC)c1. The number of ether oxygens (including phenoxy) is 3. The van der Waals surface area contributed by atoms with Gasteiger partial charge in [0.25, 0.3) is 11.7 Å². The first-order valence-corrected chi connectivity index (χ1v) is 11.4. The van der Waals surface area contributed by atoms with E-state index in [1.54, 1.807) is 54.5 Å². The molecule has 4 rings (SSSR count). The van der Waals surface area contributed by atoms with E-state index < -0.39 is 17.7 Å². The zero-order valence-electron chi connectivity index (χ0n) is 19.5. The van der Waals surface area contributed by atoms with Gasteiger partial charge in [0.2, 0.25) is 0 Å². The van der Waals surface area contributed by atoms with Crippen LogP contribution in [0.25, 0.3) is 5.76 Å². The second-order valence-corrected chi connectivity index (χ2v) is 8.27. The van der Waals surface area contributed by atoms with Crippen LogP contribution in [0.4, 0.5) is 0 Å². The van der Waals surface area contributed by atoms with Crippen molar-refractivity contribution in [1.82, 2.24) is 9.80 Å². The summed E-state index contributed by atoms with van der Waals surface area (Å²) in [6, 6.07) is 13.3. The summed E-state index contributed by atoms with van der Waals surface area (Å²) < 4.78 is 16.3. The molecule has 2 aliphatic rings. The van der Waals surface area contributed by atoms with E-state index >= 15 is 0 Å². The summed E-state index contributed by atoms with van der Waals surface area (Å²) in [7, 11) is 3.08. The Kier molecular flexibility index (Phi) is 7.49. The number of ketones is 1. The molecule has 0 saturated carbocycles. The number of hydrogen-bond acceptors (Lipinski definition) is 7. The van der Waals surface area contributed by atoms with Crippen molar-refractivity contribution in [2.45, 2.75) is 12.5 Å². The Morgan fingerprint density at radius 1 is 1.03 bits per heavy atom. The Hall–Kier alpha value is -3.36. The number of aliphatic hydroxyl groups is 1. The maximum Gasteiger partial charge on any atom is 0.295 e. The molecule has 8 heteroatoms. The molecular weight excluding hydrogens is 436 g/mol. The zero-order valence-corrected chi connectivity index (χ0v) is 19.5. The highest BCUT2D eigenvalue weighted by Crippen LogP contribution is 2.43. The molecule has 34 heavy (non-hydrogen) atoms. The van der Waals surface area contributed by atoms with Crippen molar-refractivity contribution in [2.24, 2.45) is 0 Å². The lowest BCUT2D eigenvalue weighted by Crippen LogP contribution is -2.39. The van der Waals surface area contributed by atoms with Gasteiger partial charge in [-0.15, -0.1) is 0 Å². The smallest absolute Gasteiger partial charge is 0.295 e. The number of Topliss-reactive ketones (excluding diaryl/α,β-unsaturated/α-hetero) is 1. The van der Waals surface area contributed by atoms with Crippen LogP contribution >= 0.6 is 0 Å². The molecule has 2 saturated heterocycles. The Labute approximate surface area is 199 Å². The van der Waals surface area contributed by atoms with Crippen molar-refractivity contribution in [2.75, 3.05) is 53.6 Å². The summed E-state index contributed by atoms with van der Waals surface area (Å²) in [6.45, 7) is 4.26. The number of carbonyl (C=O) groups excluding carboxylic acids is 2. The number of likely N-dealkylation sites (tertiary alicyclic amines) is 1. The molecule has 1 N–H and O–H groups in total. The number of hydrogen-bond donors (Lipinski definition) is 1. The van der Waals surface area contributed by atoms with E-state index in [9.17, 15) is 14.7 Å². The average molecular weight is 467 g/mol. The van der Waals surface area contributed by atoms with Crippen LogP contribution in [0.2, 0.25) is 0 Å². The van der Waals surface area contributed by atoms with Crippen molar-refractivity contribution < 1.29 is 28.9 Å². The minimum absolute atomic E-state index is 0.0611. The monoisotopic (exact) mass is 466 g/mol. The molecule has 2 fully saturated rings. The van der Waals surface area contributed by atoms with E-state index in [0.717, 1.165) is 19.6 Å². The van der Waals surface area contributed by atoms with Crippen LogP contribution < -0.4 is 9.47 Å². The molecule has 180 valence electrons. The summed E-state index contributed by atoms with van der Waals surface area (Å²) >= 11 is 0. The van der Waals surface area contributed by atoms with Crippen molar-refractivity contribution in [3.05, 3.63) is 65.2 Å². The number of rotatable bonds is 8. The highest BCUT2D eigenvalue weighted by atomic mass is 16.5. The first kappa shape index (κ1) is 23.8. The van der Waals surface area contributed by atoms with Crippen molar-refractivity contribution in [3.8, 4) is 11.5 Å². The second-order valence-electron chi connectivity index (χ2n) is 8.27. The maximum atomic E-state index is 13.2. The standard InChI is InChI=1S/C26H30N2O6/c1-32-19-9-10-20(21(17-19)33-2)23-22(24(29)18-7-4-3-5-8-18)25(30)26(31)28(23)12-6-11-27-13-15-34-16-14-27/h3-5,7-10,17,23,29H,6,11-16H2,1-2H3/b24-22+/t23-/m1/s1. The fraction of sp³-hybridized carbons (Fsp3) is 0.385. The Bertz CT molecular complexity index is 1060. The van der Waals surface area contributed by atoms with Gasteiger partial charge in [0.1, 0.15) is 17.3 Å². The molecule has 1 amide bonds. The molecule has 0 aromatic heterocycles. The summed E-state index contributed by atoms with van der Waals surface area (Å²) in [5.41, 5.74) is 1.16. The largest absolute Gasteiger partial charge is 0.507 e. The summed E-state index contributed by atoms with van der Waals surface area (Å²) in [4.78, 5) is 30.2. The minimum atomic E-state index is -0.772. The number of benzene rings is 2. The molecule has 1 atom stereocenters. The third-order valence-electron chi connectivity index (χ3n) is 6.30. The van der Waals surface area contributed by atoms with Crippen LogP contribution in [0.1, 0.15) is 23.6 Å². The Balaban J connectivity index is 1.72. The fourth-order valence-corrected chi connectivity index (χ4v) is 4.52. The van der Waals surface area contributed by atoms with Crippen LogP contribution in [0.5, 0.6) is 11.5 Å². The van der Waals surface area contributed by atoms with Gasteiger partial charge in [-0.25, -0.2) is 0 Å². The number of methoxy groups -OCH3 is 2. The van der Waals surface area contributed by atoms with E-state index in [4.69, 9.17) is 14.2 Å². The van der Waals surface area contributed by atoms with Gasteiger partial charge < -0.3 is 24.2 Å². The molecule has 0 spiro atoms. The molecule has 0 unspecified atom stereocenters. The lowest BCUT2D eigenvalue weighted by Gasteiger charge is -2.29. The van der Waals surface area contributed by atoms with Gasteiger partial charge in [-0.05, 0) is 18.6 Å². The number of aliphatic hydroxyl groups excluding tert-OH is 1. The Morgan fingerprint density at radius 3 is 2.44 bits per heavy atom. The van der Waals surface area contributed by atoms with Crippen molar-refractivity contribution >= 4 is 17.4 Å². The summed E-state index contributed by atoms with van der Waals surface area (Å²) in [5, 5.41) is 11.1. The predicted octanol–water partition coefficient (Wildman–Crippen LogP) is 2.85. The number of carbonyl (C=O) groups is 2. The van der Waals surface area contributed by atoms with Gasteiger partial charge in [-0.1, -0.05) is 30.3 Å². The van der Waals surface area contributed by atoms with Crippen molar-refractivity contribution in [3.63, 3.8) is 0 Å². The predicted molar refractivity (Wildman–Crippen MR) is 127 cm³/mol. The topological polar surface area (TPSA) is 88.5 Å². The van der Waals surface area contributed by atoms with Gasteiger partial charge >= 0.3 is 0 Å². The summed E-state index contributed by atoms with van der Waals surface area (Å²) in [5.74, 6) is -0.452. The van der Waals surface area contributed by atoms with Crippen LogP contribution in [0.15, 0.2) is 54.1 Å². The molecule has 2 aliphatic heterocycles. The number of nitrogens with zero attached hydrogens (tertiary/aromatic N) is 2. The normalized spacial score (nSPS) is 20.5. The third kappa shape index (κ3) is 4.78. The number of amides is 1. The van der Waals surface area contributed by atoms with Crippen LogP contribution in [0, 0.1) is 0 Å². The first-order chi connectivity index (χ1) is 16.5. The van der Waals surface area contributed by atoms with Crippen LogP contribution in [-0.2, 0) is 14.3 Å². The van der Waals surface area contributed by atoms with Gasteiger partial charge in [-0.3, -0.25) is 14.5 Å². The van der Waals surface area contributed by atoms with Gasteiger partial charge in [-0.2, -0.15) is 0 Å². The average Bonchev–Trinajstić information content (AvgIpc) is 3.13. The highest BCUT2D eigenvalue weighted by molar-refractivity contribution is 6.46. The molecule has 2 heterocycles. The summed E-state index contributed by atoms with van der Waals surface area (Å²) in [6.07, 6.45) is 0.688. The first-order valence-electron chi connectivity index (χ1n) is 11.4. The molecule has 2 aromatic rings. The number of morpholine rings is 1. The minimum Gasteiger partial charge on any atom is -0.507 e. The highest BCUT2D eigenvalue weighted by Gasteiger charge is 2.46. The molecule has 0 aliphatic carbocycles. The zero-order chi connectivity index (χ0) is 24.1. The molecule has 0 radical (unpaired) electrons. The van der Waals surface area contributed by atoms with Crippen LogP contribution in [0.3, 0.4) is 0 Å². The van der Waals surface area contributed by atoms with Gasteiger partial charge in [0.15, 0.2) is 0 Å². The lowest BCUT2D eigenvalue weighted by molar-refractivity contribution is -0.140. The Morgan fingerprint density at radius 2 is 1.76 bits per heavy atom. The van der Waals surface area contributed by atoms with E-state index in [1.165, 1.54) is 7.11 Å². The third-order valence-corrected chi connectivity index (χ3v) is 6.30. The van der Waals surface area contributed by atoms with Gasteiger partial charge in [0.05, 0.1) is 39.0 Å². The molecule has 8 nitrogen and oxygen atoms in total. The quantitative estimate of drug-likeness (QED) is 0.364. The lowest BCUT2D eigenvalue weighted by atomic mass is 9.94. The fourth-order valence-electron chi connectivity index (χ4n) is 4.52. The van der Waals surface area contributed by atoms with E-state index in [0.29, 0.717) is 48.8 Å². The maximum absolute atomic E-state index is 13.2. The molecular formula is C26H30N2O6. The van der Waals surface area contributed by atoms with E-state index in [1.807, 2.05) is 6.07 Å². The molecule has 0 bridgehead atoms. The molecule has 2 aromatic carbocycles. The van der Waals surface area contributed by atoms with E-state index in [2.05, 4.69) is 4.90 Å². The van der Waals surface area contributed by atoms with Crippen molar-refractivity contribution in [1.29, 1.82) is 0 Å². The van der Waals surface area contributed by atoms with E-state index in [-0.39, 0.29) is 11.3 Å². The second kappa shape index (κ2) is 10.7. The van der Waals surface area contributed by atoms with Crippen LogP contribution in [-0.4, -0.2) is 80.2 Å². The van der Waals surface area contributed by atoms with Gasteiger partial charge in [0, 0.05) is 43.4 Å².